The van der Waals surface area contributed by atoms with Crippen molar-refractivity contribution in [3.05, 3.63) is 59.2 Å². The second-order valence-corrected chi connectivity index (χ2v) is 4.94. The monoisotopic (exact) mass is 254 g/mol. The van der Waals surface area contributed by atoms with E-state index in [2.05, 4.69) is 38.1 Å². The lowest BCUT2D eigenvalue weighted by atomic mass is 10.0. The van der Waals surface area contributed by atoms with E-state index in [0.717, 1.165) is 11.1 Å². The van der Waals surface area contributed by atoms with Crippen LogP contribution in [0, 0.1) is 0 Å². The van der Waals surface area contributed by atoms with Gasteiger partial charge >= 0.3 is 0 Å². The van der Waals surface area contributed by atoms with Crippen LogP contribution in [0.15, 0.2) is 42.5 Å². The van der Waals surface area contributed by atoms with Crippen molar-refractivity contribution in [2.45, 2.75) is 19.8 Å². The average molecular weight is 254 g/mol. The first kappa shape index (κ1) is 13.2. The van der Waals surface area contributed by atoms with Gasteiger partial charge in [0.15, 0.2) is 0 Å². The van der Waals surface area contributed by atoms with Crippen LogP contribution in [-0.4, -0.2) is 10.2 Å². The molecule has 0 fully saturated rings. The summed E-state index contributed by atoms with van der Waals surface area (Å²) in [5, 5.41) is 18.8. The molecule has 0 aromatic heterocycles. The molecule has 0 spiro atoms. The van der Waals surface area contributed by atoms with E-state index in [9.17, 15) is 10.2 Å². The van der Waals surface area contributed by atoms with Gasteiger partial charge in [-0.15, -0.1) is 0 Å². The van der Waals surface area contributed by atoms with Crippen LogP contribution >= 0.6 is 0 Å². The Balaban J connectivity index is 2.17. The molecule has 2 aromatic rings. The maximum Gasteiger partial charge on any atom is 0.119 e. The number of phenolic OH excluding ortho intramolecular Hbond substituents is 2. The number of hydrogen-bond acceptors (Lipinski definition) is 2. The third-order valence-electron chi connectivity index (χ3n) is 3.00. The summed E-state index contributed by atoms with van der Waals surface area (Å²) in [5.74, 6) is 0.658. The van der Waals surface area contributed by atoms with Crippen molar-refractivity contribution in [1.29, 1.82) is 0 Å². The first-order chi connectivity index (χ1) is 9.04. The summed E-state index contributed by atoms with van der Waals surface area (Å²) in [4.78, 5) is 0. The minimum atomic E-state index is 0.0646. The largest absolute Gasteiger partial charge is 0.508 e. The first-order valence-corrected chi connectivity index (χ1v) is 6.35. The molecule has 0 atom stereocenters. The van der Waals surface area contributed by atoms with Crippen molar-refractivity contribution in [1.82, 2.24) is 0 Å². The van der Waals surface area contributed by atoms with Crippen LogP contribution in [0.25, 0.3) is 12.2 Å². The molecule has 2 aromatic carbocycles. The number of hydrogen-bond donors (Lipinski definition) is 2. The van der Waals surface area contributed by atoms with Crippen LogP contribution in [0.4, 0.5) is 0 Å². The van der Waals surface area contributed by atoms with Gasteiger partial charge in [-0.3, -0.25) is 0 Å². The molecular formula is C17H18O2. The van der Waals surface area contributed by atoms with Gasteiger partial charge in [0.2, 0.25) is 0 Å². The maximum atomic E-state index is 9.39. The fourth-order valence-electron chi connectivity index (χ4n) is 1.90. The van der Waals surface area contributed by atoms with Crippen LogP contribution in [0.3, 0.4) is 0 Å². The summed E-state index contributed by atoms with van der Waals surface area (Å²) in [6.45, 7) is 4.33. The van der Waals surface area contributed by atoms with Gasteiger partial charge in [-0.2, -0.15) is 0 Å². The molecule has 19 heavy (non-hydrogen) atoms. The first-order valence-electron chi connectivity index (χ1n) is 6.35. The number of benzene rings is 2. The zero-order chi connectivity index (χ0) is 13.8. The van der Waals surface area contributed by atoms with Gasteiger partial charge in [0, 0.05) is 6.07 Å². The van der Waals surface area contributed by atoms with Crippen molar-refractivity contribution in [2.75, 3.05) is 0 Å². The minimum absolute atomic E-state index is 0.0646. The lowest BCUT2D eigenvalue weighted by Crippen LogP contribution is -1.85. The molecule has 0 amide bonds. The van der Waals surface area contributed by atoms with Gasteiger partial charge in [0.05, 0.1) is 0 Å². The van der Waals surface area contributed by atoms with E-state index in [-0.39, 0.29) is 11.5 Å². The molecule has 2 N–H and O–H groups in total. The molecule has 2 rings (SSSR count). The summed E-state index contributed by atoms with van der Waals surface area (Å²) in [5.41, 5.74) is 3.17. The lowest BCUT2D eigenvalue weighted by Gasteiger charge is -2.04. The molecule has 0 saturated carbocycles. The molecule has 2 heteroatoms. The number of phenols is 2. The summed E-state index contributed by atoms with van der Waals surface area (Å²) in [6, 6.07) is 12.9. The highest BCUT2D eigenvalue weighted by Gasteiger charge is 1.98. The van der Waals surface area contributed by atoms with E-state index in [1.54, 1.807) is 12.1 Å². The Kier molecular flexibility index (Phi) is 3.91. The molecule has 0 aliphatic heterocycles. The summed E-state index contributed by atoms with van der Waals surface area (Å²) < 4.78 is 0. The van der Waals surface area contributed by atoms with E-state index in [1.165, 1.54) is 11.6 Å². The van der Waals surface area contributed by atoms with Crippen LogP contribution < -0.4 is 0 Å². The van der Waals surface area contributed by atoms with Crippen LogP contribution in [0.2, 0.25) is 0 Å². The van der Waals surface area contributed by atoms with Gasteiger partial charge in [-0.05, 0) is 34.7 Å². The third kappa shape index (κ3) is 3.62. The van der Waals surface area contributed by atoms with Crippen molar-refractivity contribution < 1.29 is 10.2 Å². The number of aromatic hydroxyl groups is 2. The second kappa shape index (κ2) is 5.61. The normalized spacial score (nSPS) is 11.3. The molecule has 2 nitrogen and oxygen atoms in total. The Labute approximate surface area is 113 Å². The molecule has 0 saturated heterocycles. The zero-order valence-corrected chi connectivity index (χ0v) is 11.2. The van der Waals surface area contributed by atoms with E-state index < -0.39 is 0 Å². The van der Waals surface area contributed by atoms with E-state index >= 15 is 0 Å². The van der Waals surface area contributed by atoms with Crippen LogP contribution in [0.5, 0.6) is 11.5 Å². The Morgan fingerprint density at radius 1 is 0.789 bits per heavy atom. The zero-order valence-electron chi connectivity index (χ0n) is 11.2. The fourth-order valence-corrected chi connectivity index (χ4v) is 1.90. The van der Waals surface area contributed by atoms with Crippen molar-refractivity contribution in [2.24, 2.45) is 0 Å². The Bertz CT molecular complexity index is 560. The quantitative estimate of drug-likeness (QED) is 0.797. The van der Waals surface area contributed by atoms with Gasteiger partial charge in [0.1, 0.15) is 11.5 Å². The molecular weight excluding hydrogens is 236 g/mol. The standard InChI is InChI=1S/C17H18O2/c1-12(2)15-7-5-13(6-8-15)3-4-14-9-16(18)11-17(19)10-14/h3-12,18-19H,1-2H3. The molecule has 0 bridgehead atoms. The smallest absolute Gasteiger partial charge is 0.119 e. The summed E-state index contributed by atoms with van der Waals surface area (Å²) in [6.07, 6.45) is 3.82. The van der Waals surface area contributed by atoms with E-state index in [0.29, 0.717) is 5.92 Å². The topological polar surface area (TPSA) is 40.5 Å². The van der Waals surface area contributed by atoms with Crippen LogP contribution in [0.1, 0.15) is 36.5 Å². The lowest BCUT2D eigenvalue weighted by molar-refractivity contribution is 0.450. The molecule has 0 heterocycles. The molecule has 98 valence electrons. The van der Waals surface area contributed by atoms with Gasteiger partial charge in [0.25, 0.3) is 0 Å². The summed E-state index contributed by atoms with van der Waals surface area (Å²) in [7, 11) is 0. The Hall–Kier alpha value is -2.22. The van der Waals surface area contributed by atoms with E-state index in [1.807, 2.05) is 12.2 Å². The molecule has 0 unspecified atom stereocenters. The van der Waals surface area contributed by atoms with Gasteiger partial charge < -0.3 is 10.2 Å². The minimum Gasteiger partial charge on any atom is -0.508 e. The molecule has 0 aliphatic carbocycles. The predicted octanol–water partition coefficient (Wildman–Crippen LogP) is 4.39. The predicted molar refractivity (Wildman–Crippen MR) is 79.2 cm³/mol. The fraction of sp³-hybridized carbons (Fsp3) is 0.176. The van der Waals surface area contributed by atoms with Crippen molar-refractivity contribution in [3.8, 4) is 11.5 Å². The van der Waals surface area contributed by atoms with Crippen LogP contribution in [-0.2, 0) is 0 Å². The van der Waals surface area contributed by atoms with Gasteiger partial charge in [-0.25, -0.2) is 0 Å². The van der Waals surface area contributed by atoms with Crippen molar-refractivity contribution >= 4 is 12.2 Å². The highest BCUT2D eigenvalue weighted by Crippen LogP contribution is 2.22. The van der Waals surface area contributed by atoms with E-state index in [4.69, 9.17) is 0 Å². The maximum absolute atomic E-state index is 9.39. The Morgan fingerprint density at radius 3 is 1.84 bits per heavy atom. The summed E-state index contributed by atoms with van der Waals surface area (Å²) >= 11 is 0. The number of rotatable bonds is 3. The molecule has 0 aliphatic rings. The highest BCUT2D eigenvalue weighted by atomic mass is 16.3. The third-order valence-corrected chi connectivity index (χ3v) is 3.00. The Morgan fingerprint density at radius 2 is 1.32 bits per heavy atom. The van der Waals surface area contributed by atoms with Gasteiger partial charge in [-0.1, -0.05) is 50.3 Å². The average Bonchev–Trinajstić information content (AvgIpc) is 2.36. The molecule has 0 radical (unpaired) electrons. The highest BCUT2D eigenvalue weighted by molar-refractivity contribution is 5.71. The second-order valence-electron chi connectivity index (χ2n) is 4.94. The van der Waals surface area contributed by atoms with Crippen molar-refractivity contribution in [3.63, 3.8) is 0 Å². The SMILES string of the molecule is CC(C)c1ccc(C=Cc2cc(O)cc(O)c2)cc1.